The Morgan fingerprint density at radius 1 is 0.917 bits per heavy atom. The fourth-order valence-corrected chi connectivity index (χ4v) is 2.62. The van der Waals surface area contributed by atoms with Gasteiger partial charge in [0.15, 0.2) is 11.5 Å². The number of nitrogens with zero attached hydrogens (tertiary/aromatic N) is 3. The second-order valence-electron chi connectivity index (χ2n) is 5.70. The normalized spacial score (nSPS) is 10.9. The van der Waals surface area contributed by atoms with E-state index in [1.807, 2.05) is 42.5 Å². The molecule has 0 saturated heterocycles. The lowest BCUT2D eigenvalue weighted by atomic mass is 10.2. The summed E-state index contributed by atoms with van der Waals surface area (Å²) in [5.41, 5.74) is 4.90. The molecule has 0 amide bonds. The SMILES string of the molecule is Cc1ccc(COn2c(-c3ccccc3)nc3ncccc32)cc1. The highest BCUT2D eigenvalue weighted by atomic mass is 16.7. The number of fused-ring (bicyclic) bond motifs is 1. The third kappa shape index (κ3) is 2.74. The van der Waals surface area contributed by atoms with Crippen LogP contribution in [0.3, 0.4) is 0 Å². The van der Waals surface area contributed by atoms with Crippen LogP contribution in [-0.4, -0.2) is 14.7 Å². The maximum absolute atomic E-state index is 6.08. The zero-order valence-electron chi connectivity index (χ0n) is 13.4. The second kappa shape index (κ2) is 6.16. The van der Waals surface area contributed by atoms with Gasteiger partial charge in [-0.15, -0.1) is 0 Å². The molecule has 4 aromatic rings. The third-order valence-corrected chi connectivity index (χ3v) is 3.90. The summed E-state index contributed by atoms with van der Waals surface area (Å²) in [4.78, 5) is 15.1. The summed E-state index contributed by atoms with van der Waals surface area (Å²) in [6, 6.07) is 22.2. The first-order valence-corrected chi connectivity index (χ1v) is 7.89. The molecule has 0 radical (unpaired) electrons. The summed E-state index contributed by atoms with van der Waals surface area (Å²) in [7, 11) is 0. The monoisotopic (exact) mass is 315 g/mol. The van der Waals surface area contributed by atoms with E-state index in [9.17, 15) is 0 Å². The second-order valence-corrected chi connectivity index (χ2v) is 5.70. The lowest BCUT2D eigenvalue weighted by Crippen LogP contribution is -2.12. The summed E-state index contributed by atoms with van der Waals surface area (Å²) in [5.74, 6) is 0.761. The highest BCUT2D eigenvalue weighted by Crippen LogP contribution is 2.22. The Morgan fingerprint density at radius 2 is 1.71 bits per heavy atom. The molecule has 0 unspecified atom stereocenters. The van der Waals surface area contributed by atoms with Crippen LogP contribution in [0.1, 0.15) is 11.1 Å². The first-order valence-electron chi connectivity index (χ1n) is 7.89. The number of pyridine rings is 1. The Morgan fingerprint density at radius 3 is 2.50 bits per heavy atom. The maximum Gasteiger partial charge on any atom is 0.181 e. The molecule has 0 aliphatic rings. The van der Waals surface area contributed by atoms with E-state index in [1.165, 1.54) is 5.56 Å². The smallest absolute Gasteiger partial charge is 0.181 e. The molecular weight excluding hydrogens is 298 g/mol. The first kappa shape index (κ1) is 14.5. The van der Waals surface area contributed by atoms with Crippen molar-refractivity contribution in [3.8, 4) is 11.4 Å². The average Bonchev–Trinajstić information content (AvgIpc) is 3.01. The Bertz CT molecular complexity index is 959. The van der Waals surface area contributed by atoms with Gasteiger partial charge in [0.1, 0.15) is 12.1 Å². The molecule has 4 nitrogen and oxygen atoms in total. The quantitative estimate of drug-likeness (QED) is 0.571. The number of aryl methyl sites for hydroxylation is 1. The molecule has 0 aliphatic heterocycles. The zero-order valence-corrected chi connectivity index (χ0v) is 13.4. The number of benzene rings is 2. The van der Waals surface area contributed by atoms with Gasteiger partial charge in [0.25, 0.3) is 0 Å². The Hall–Kier alpha value is -3.14. The van der Waals surface area contributed by atoms with Crippen LogP contribution in [0.2, 0.25) is 0 Å². The van der Waals surface area contributed by atoms with Crippen LogP contribution >= 0.6 is 0 Å². The minimum absolute atomic E-state index is 0.473. The molecule has 0 bridgehead atoms. The molecule has 0 N–H and O–H groups in total. The predicted octanol–water partition coefficient (Wildman–Crippen LogP) is 4.04. The molecule has 0 saturated carbocycles. The van der Waals surface area contributed by atoms with Crippen molar-refractivity contribution in [2.24, 2.45) is 0 Å². The summed E-state index contributed by atoms with van der Waals surface area (Å²) in [6.07, 6.45) is 1.74. The molecule has 2 aromatic carbocycles. The van der Waals surface area contributed by atoms with Crippen molar-refractivity contribution in [1.82, 2.24) is 14.7 Å². The summed E-state index contributed by atoms with van der Waals surface area (Å²) >= 11 is 0. The van der Waals surface area contributed by atoms with Gasteiger partial charge >= 0.3 is 0 Å². The fraction of sp³-hybridized carbons (Fsp3) is 0.100. The van der Waals surface area contributed by atoms with E-state index in [2.05, 4.69) is 41.2 Å². The van der Waals surface area contributed by atoms with Crippen LogP contribution in [0, 0.1) is 6.92 Å². The summed E-state index contributed by atoms with van der Waals surface area (Å²) < 4.78 is 1.78. The molecule has 118 valence electrons. The Kier molecular flexibility index (Phi) is 3.71. The van der Waals surface area contributed by atoms with Gasteiger partial charge in [-0.25, -0.2) is 9.97 Å². The molecule has 24 heavy (non-hydrogen) atoms. The molecule has 2 aromatic heterocycles. The van der Waals surface area contributed by atoms with E-state index in [0.29, 0.717) is 12.3 Å². The topological polar surface area (TPSA) is 39.9 Å². The fourth-order valence-electron chi connectivity index (χ4n) is 2.62. The van der Waals surface area contributed by atoms with Crippen LogP contribution in [-0.2, 0) is 6.61 Å². The highest BCUT2D eigenvalue weighted by molar-refractivity contribution is 5.76. The van der Waals surface area contributed by atoms with E-state index in [1.54, 1.807) is 10.9 Å². The van der Waals surface area contributed by atoms with Crippen molar-refractivity contribution in [3.63, 3.8) is 0 Å². The lowest BCUT2D eigenvalue weighted by Gasteiger charge is -2.11. The van der Waals surface area contributed by atoms with Crippen molar-refractivity contribution in [2.75, 3.05) is 0 Å². The van der Waals surface area contributed by atoms with Crippen molar-refractivity contribution in [3.05, 3.63) is 84.1 Å². The van der Waals surface area contributed by atoms with Gasteiger partial charge in [-0.3, -0.25) is 0 Å². The van der Waals surface area contributed by atoms with Gasteiger partial charge in [0.05, 0.1) is 0 Å². The molecule has 2 heterocycles. The van der Waals surface area contributed by atoms with E-state index >= 15 is 0 Å². The number of imidazole rings is 1. The van der Waals surface area contributed by atoms with Crippen molar-refractivity contribution in [2.45, 2.75) is 13.5 Å². The van der Waals surface area contributed by atoms with Crippen LogP contribution in [0.15, 0.2) is 72.9 Å². The molecule has 0 atom stereocenters. The number of hydrogen-bond acceptors (Lipinski definition) is 3. The summed E-state index contributed by atoms with van der Waals surface area (Å²) in [5, 5.41) is 0. The molecule has 0 spiro atoms. The molecule has 0 fully saturated rings. The van der Waals surface area contributed by atoms with Gasteiger partial charge in [0, 0.05) is 11.8 Å². The van der Waals surface area contributed by atoms with Gasteiger partial charge in [0.2, 0.25) is 0 Å². The molecule has 4 heteroatoms. The van der Waals surface area contributed by atoms with E-state index in [0.717, 1.165) is 22.5 Å². The van der Waals surface area contributed by atoms with Crippen LogP contribution < -0.4 is 4.84 Å². The van der Waals surface area contributed by atoms with E-state index < -0.39 is 0 Å². The molecule has 0 aliphatic carbocycles. The summed E-state index contributed by atoms with van der Waals surface area (Å²) in [6.45, 7) is 2.55. The van der Waals surface area contributed by atoms with Gasteiger partial charge in [-0.05, 0) is 24.6 Å². The van der Waals surface area contributed by atoms with Gasteiger partial charge in [-0.1, -0.05) is 60.2 Å². The maximum atomic E-state index is 6.08. The van der Waals surface area contributed by atoms with Crippen molar-refractivity contribution in [1.29, 1.82) is 0 Å². The van der Waals surface area contributed by atoms with Gasteiger partial charge < -0.3 is 4.84 Å². The zero-order chi connectivity index (χ0) is 16.4. The minimum atomic E-state index is 0.473. The Labute approximate surface area is 140 Å². The largest absolute Gasteiger partial charge is 0.407 e. The predicted molar refractivity (Wildman–Crippen MR) is 94.4 cm³/mol. The first-order chi connectivity index (χ1) is 11.8. The van der Waals surface area contributed by atoms with Crippen LogP contribution in [0.5, 0.6) is 0 Å². The third-order valence-electron chi connectivity index (χ3n) is 3.90. The van der Waals surface area contributed by atoms with Crippen LogP contribution in [0.4, 0.5) is 0 Å². The van der Waals surface area contributed by atoms with Crippen LogP contribution in [0.25, 0.3) is 22.6 Å². The standard InChI is InChI=1S/C20H17N3O/c1-15-9-11-16(12-10-15)14-24-23-18-8-5-13-21-19(18)22-20(23)17-6-3-2-4-7-17/h2-13H,14H2,1H3. The molecular formula is C20H17N3O. The van der Waals surface area contributed by atoms with E-state index in [4.69, 9.17) is 4.84 Å². The average molecular weight is 315 g/mol. The lowest BCUT2D eigenvalue weighted by molar-refractivity contribution is 0.110. The number of rotatable bonds is 4. The van der Waals surface area contributed by atoms with Crippen molar-refractivity contribution < 1.29 is 4.84 Å². The molecule has 4 rings (SSSR count). The Balaban J connectivity index is 1.74. The highest BCUT2D eigenvalue weighted by Gasteiger charge is 2.14. The minimum Gasteiger partial charge on any atom is -0.407 e. The number of aromatic nitrogens is 3. The van der Waals surface area contributed by atoms with Gasteiger partial charge in [-0.2, -0.15) is 4.73 Å². The number of hydrogen-bond donors (Lipinski definition) is 0. The van der Waals surface area contributed by atoms with Crippen molar-refractivity contribution >= 4 is 11.2 Å². The van der Waals surface area contributed by atoms with E-state index in [-0.39, 0.29) is 0 Å².